The number of nitrogens with zero attached hydrogens (tertiary/aromatic N) is 4. The molecule has 0 saturated heterocycles. The summed E-state index contributed by atoms with van der Waals surface area (Å²) in [6.45, 7) is 0. The number of amides is 1. The third-order valence-corrected chi connectivity index (χ3v) is 6.38. The second-order valence-corrected chi connectivity index (χ2v) is 8.63. The van der Waals surface area contributed by atoms with Gasteiger partial charge in [0, 0.05) is 29.7 Å². The minimum absolute atomic E-state index is 0.207. The molecule has 0 aliphatic heterocycles. The van der Waals surface area contributed by atoms with E-state index in [1.165, 1.54) is 23.9 Å². The molecular weight excluding hydrogens is 425 g/mol. The van der Waals surface area contributed by atoms with Gasteiger partial charge in [-0.1, -0.05) is 42.1 Å². The number of halogens is 1. The molecule has 5 rings (SSSR count). The van der Waals surface area contributed by atoms with Gasteiger partial charge in [0.15, 0.2) is 11.0 Å². The summed E-state index contributed by atoms with van der Waals surface area (Å²) in [7, 11) is 0. The molecule has 0 radical (unpaired) electrons. The lowest BCUT2D eigenvalue weighted by Gasteiger charge is -2.17. The quantitative estimate of drug-likeness (QED) is 0.392. The molecule has 2 heterocycles. The summed E-state index contributed by atoms with van der Waals surface area (Å²) >= 11 is 1.37. The molecule has 2 aromatic heterocycles. The Kier molecular flexibility index (Phi) is 5.68. The second-order valence-electron chi connectivity index (χ2n) is 7.55. The molecule has 1 atom stereocenters. The smallest absolute Gasteiger partial charge is 0.242 e. The molecule has 0 spiro atoms. The van der Waals surface area contributed by atoms with Crippen molar-refractivity contribution in [3.8, 4) is 11.4 Å². The summed E-state index contributed by atoms with van der Waals surface area (Å²) in [5.41, 5.74) is 2.29. The van der Waals surface area contributed by atoms with Crippen LogP contribution in [0.5, 0.6) is 0 Å². The van der Waals surface area contributed by atoms with Gasteiger partial charge < -0.3 is 5.32 Å². The van der Waals surface area contributed by atoms with Crippen molar-refractivity contribution in [3.63, 3.8) is 0 Å². The molecule has 1 aliphatic rings. The SMILES string of the molecule is O=C(Nc1ccc(F)cc1)C(Sc1nnc(-c2cccnc2)n1C1CC1)c1ccccc1. The lowest BCUT2D eigenvalue weighted by atomic mass is 10.1. The summed E-state index contributed by atoms with van der Waals surface area (Å²) in [5.74, 6) is 0.201. The highest BCUT2D eigenvalue weighted by molar-refractivity contribution is 8.00. The topological polar surface area (TPSA) is 72.7 Å². The summed E-state index contributed by atoms with van der Waals surface area (Å²) in [5, 5.41) is 11.9. The molecule has 0 bridgehead atoms. The highest BCUT2D eigenvalue weighted by Gasteiger charge is 2.33. The molecule has 1 N–H and O–H groups in total. The van der Waals surface area contributed by atoms with Gasteiger partial charge in [0.1, 0.15) is 11.1 Å². The van der Waals surface area contributed by atoms with E-state index in [1.54, 1.807) is 24.5 Å². The van der Waals surface area contributed by atoms with Gasteiger partial charge in [-0.25, -0.2) is 4.39 Å². The molecule has 8 heteroatoms. The van der Waals surface area contributed by atoms with Crippen LogP contribution in [0.3, 0.4) is 0 Å². The number of benzene rings is 2. The van der Waals surface area contributed by atoms with Crippen LogP contribution in [0.2, 0.25) is 0 Å². The Morgan fingerprint density at radius 1 is 1.03 bits per heavy atom. The van der Waals surface area contributed by atoms with Gasteiger partial charge in [-0.2, -0.15) is 0 Å². The summed E-state index contributed by atoms with van der Waals surface area (Å²) in [4.78, 5) is 17.5. The summed E-state index contributed by atoms with van der Waals surface area (Å²) in [6.07, 6.45) is 5.60. The fraction of sp³-hybridized carbons (Fsp3) is 0.167. The Morgan fingerprint density at radius 3 is 2.50 bits per heavy atom. The highest BCUT2D eigenvalue weighted by Crippen LogP contribution is 2.44. The molecule has 1 amide bonds. The first-order valence-corrected chi connectivity index (χ1v) is 11.2. The number of anilines is 1. The third-order valence-electron chi connectivity index (χ3n) is 5.17. The average Bonchev–Trinajstić information content (AvgIpc) is 3.59. The van der Waals surface area contributed by atoms with Crippen LogP contribution >= 0.6 is 11.8 Å². The van der Waals surface area contributed by atoms with Crippen LogP contribution in [-0.2, 0) is 4.79 Å². The number of carbonyl (C=O) groups is 1. The van der Waals surface area contributed by atoms with Gasteiger partial charge in [-0.05, 0) is 54.8 Å². The van der Waals surface area contributed by atoms with Crippen LogP contribution < -0.4 is 5.32 Å². The minimum atomic E-state index is -0.551. The maximum Gasteiger partial charge on any atom is 0.242 e. The Morgan fingerprint density at radius 2 is 1.81 bits per heavy atom. The number of aromatic nitrogens is 4. The van der Waals surface area contributed by atoms with Gasteiger partial charge >= 0.3 is 0 Å². The van der Waals surface area contributed by atoms with Crippen LogP contribution in [0.25, 0.3) is 11.4 Å². The van der Waals surface area contributed by atoms with Crippen LogP contribution in [0, 0.1) is 5.82 Å². The van der Waals surface area contributed by atoms with Crippen molar-refractivity contribution in [2.24, 2.45) is 0 Å². The fourth-order valence-electron chi connectivity index (χ4n) is 3.46. The number of rotatable bonds is 7. The fourth-order valence-corrected chi connectivity index (χ4v) is 4.57. The number of thioether (sulfide) groups is 1. The lowest BCUT2D eigenvalue weighted by molar-refractivity contribution is -0.115. The zero-order valence-electron chi connectivity index (χ0n) is 17.1. The Hall–Kier alpha value is -3.52. The van der Waals surface area contributed by atoms with E-state index >= 15 is 0 Å². The van der Waals surface area contributed by atoms with E-state index < -0.39 is 5.25 Å². The van der Waals surface area contributed by atoms with Crippen molar-refractivity contribution < 1.29 is 9.18 Å². The predicted octanol–water partition coefficient (Wildman–Crippen LogP) is 5.29. The predicted molar refractivity (Wildman–Crippen MR) is 122 cm³/mol. The third kappa shape index (κ3) is 4.40. The number of pyridine rings is 1. The molecule has 6 nitrogen and oxygen atoms in total. The molecular formula is C24H20FN5OS. The van der Waals surface area contributed by atoms with Gasteiger partial charge in [-0.15, -0.1) is 10.2 Å². The first kappa shape index (κ1) is 20.4. The first-order chi connectivity index (χ1) is 15.7. The maximum atomic E-state index is 13.3. The van der Waals surface area contributed by atoms with Crippen molar-refractivity contribution in [2.45, 2.75) is 29.3 Å². The van der Waals surface area contributed by atoms with E-state index in [1.807, 2.05) is 42.5 Å². The number of nitrogens with one attached hydrogen (secondary N) is 1. The minimum Gasteiger partial charge on any atom is -0.325 e. The van der Waals surface area contributed by atoms with E-state index in [4.69, 9.17) is 0 Å². The van der Waals surface area contributed by atoms with E-state index in [2.05, 4.69) is 25.1 Å². The molecule has 160 valence electrons. The zero-order valence-corrected chi connectivity index (χ0v) is 17.9. The second kappa shape index (κ2) is 8.92. The average molecular weight is 446 g/mol. The molecule has 32 heavy (non-hydrogen) atoms. The Balaban J connectivity index is 1.47. The summed E-state index contributed by atoms with van der Waals surface area (Å²) < 4.78 is 15.4. The van der Waals surface area contributed by atoms with E-state index in [-0.39, 0.29) is 11.7 Å². The van der Waals surface area contributed by atoms with Crippen LogP contribution in [0.4, 0.5) is 10.1 Å². The van der Waals surface area contributed by atoms with Crippen molar-refractivity contribution in [2.75, 3.05) is 5.32 Å². The number of hydrogen-bond donors (Lipinski definition) is 1. The van der Waals surface area contributed by atoms with Crippen molar-refractivity contribution >= 4 is 23.4 Å². The van der Waals surface area contributed by atoms with Crippen LogP contribution in [-0.4, -0.2) is 25.7 Å². The van der Waals surface area contributed by atoms with Gasteiger partial charge in [-0.3, -0.25) is 14.3 Å². The summed E-state index contributed by atoms with van der Waals surface area (Å²) in [6, 6.07) is 19.5. The molecule has 4 aromatic rings. The molecule has 1 fully saturated rings. The van der Waals surface area contributed by atoms with Crippen LogP contribution in [0.1, 0.15) is 29.7 Å². The lowest BCUT2D eigenvalue weighted by Crippen LogP contribution is -2.19. The highest BCUT2D eigenvalue weighted by atomic mass is 32.2. The number of hydrogen-bond acceptors (Lipinski definition) is 5. The molecule has 2 aromatic carbocycles. The normalized spacial score (nSPS) is 14.2. The van der Waals surface area contributed by atoms with E-state index in [9.17, 15) is 9.18 Å². The van der Waals surface area contributed by atoms with Crippen molar-refractivity contribution in [1.29, 1.82) is 0 Å². The van der Waals surface area contributed by atoms with Crippen molar-refractivity contribution in [3.05, 3.63) is 90.5 Å². The molecule has 1 aliphatic carbocycles. The Labute approximate surface area is 188 Å². The number of carbonyl (C=O) groups excluding carboxylic acids is 1. The van der Waals surface area contributed by atoms with Crippen LogP contribution in [0.15, 0.2) is 84.3 Å². The first-order valence-electron chi connectivity index (χ1n) is 10.3. The molecule has 1 saturated carbocycles. The van der Waals surface area contributed by atoms with E-state index in [0.29, 0.717) is 16.9 Å². The molecule has 1 unspecified atom stereocenters. The largest absolute Gasteiger partial charge is 0.325 e. The monoisotopic (exact) mass is 445 g/mol. The van der Waals surface area contributed by atoms with Crippen molar-refractivity contribution in [1.82, 2.24) is 19.7 Å². The standard InChI is InChI=1S/C24H20FN5OS/c25-18-8-10-19(11-9-18)27-23(31)21(16-5-2-1-3-6-16)32-24-29-28-22(30(24)20-12-13-20)17-7-4-14-26-15-17/h1-11,14-15,20-21H,12-13H2,(H,27,31). The van der Waals surface area contributed by atoms with Gasteiger partial charge in [0.2, 0.25) is 5.91 Å². The van der Waals surface area contributed by atoms with E-state index in [0.717, 1.165) is 29.8 Å². The van der Waals surface area contributed by atoms with Gasteiger partial charge in [0.05, 0.1) is 0 Å². The zero-order chi connectivity index (χ0) is 21.9. The Bertz CT molecular complexity index is 1210. The maximum absolute atomic E-state index is 13.3. The van der Waals surface area contributed by atoms with Gasteiger partial charge in [0.25, 0.3) is 0 Å².